The van der Waals surface area contributed by atoms with Crippen LogP contribution in [0.1, 0.15) is 17.3 Å². The first-order chi connectivity index (χ1) is 13.8. The molecule has 1 aromatic heterocycles. The van der Waals surface area contributed by atoms with Gasteiger partial charge in [-0.3, -0.25) is 24.8 Å². The van der Waals surface area contributed by atoms with Gasteiger partial charge in [-0.05, 0) is 30.3 Å². The number of H-pyrrole nitrogens is 1. The molecule has 2 aromatic carbocycles. The molecule has 0 fully saturated rings. The number of ketones is 1. The number of anilines is 1. The molecule has 0 unspecified atom stereocenters. The van der Waals surface area contributed by atoms with Gasteiger partial charge in [-0.2, -0.15) is 0 Å². The smallest absolute Gasteiger partial charge is 0.270 e. The summed E-state index contributed by atoms with van der Waals surface area (Å²) < 4.78 is 0.489. The highest BCUT2D eigenvalue weighted by atomic mass is 79.9. The molecule has 1 heterocycles. The van der Waals surface area contributed by atoms with Crippen LogP contribution in [0.25, 0.3) is 11.4 Å². The molecule has 3 aromatic rings. The number of non-ortho nitro benzene ring substituents is 1. The number of nitrogens with one attached hydrogen (secondary N) is 2. The van der Waals surface area contributed by atoms with Crippen LogP contribution in [0, 0.1) is 10.1 Å². The monoisotopic (exact) mass is 475 g/mol. The number of halogens is 1. The van der Waals surface area contributed by atoms with E-state index in [1.165, 1.54) is 25.1 Å². The van der Waals surface area contributed by atoms with E-state index in [1.54, 1.807) is 24.3 Å². The van der Waals surface area contributed by atoms with Crippen LogP contribution in [-0.2, 0) is 4.79 Å². The number of Topliss-reactive ketones (excluding diaryl/α,β-unsaturated/α-hetero) is 1. The van der Waals surface area contributed by atoms with Crippen LogP contribution in [0.3, 0.4) is 0 Å². The Labute approximate surface area is 177 Å². The zero-order valence-electron chi connectivity index (χ0n) is 15.0. The van der Waals surface area contributed by atoms with E-state index in [0.717, 1.165) is 17.3 Å². The fourth-order valence-corrected chi connectivity index (χ4v) is 3.55. The number of aromatic nitrogens is 3. The van der Waals surface area contributed by atoms with Crippen LogP contribution < -0.4 is 5.32 Å². The number of hydrogen-bond donors (Lipinski definition) is 2. The second-order valence-electron chi connectivity index (χ2n) is 5.86. The summed E-state index contributed by atoms with van der Waals surface area (Å²) in [7, 11) is 0. The van der Waals surface area contributed by atoms with E-state index >= 15 is 0 Å². The molecule has 0 spiro atoms. The Balaban J connectivity index is 1.66. The first-order valence-corrected chi connectivity index (χ1v) is 10.0. The van der Waals surface area contributed by atoms with Crippen LogP contribution in [0.2, 0.25) is 0 Å². The van der Waals surface area contributed by atoms with Crippen LogP contribution in [0.4, 0.5) is 11.4 Å². The second kappa shape index (κ2) is 8.97. The third kappa shape index (κ3) is 5.27. The molecule has 0 radical (unpaired) electrons. The summed E-state index contributed by atoms with van der Waals surface area (Å²) in [6.45, 7) is 1.43. The van der Waals surface area contributed by atoms with Crippen molar-refractivity contribution < 1.29 is 14.5 Å². The third-order valence-electron chi connectivity index (χ3n) is 3.74. The molecule has 29 heavy (non-hydrogen) atoms. The van der Waals surface area contributed by atoms with Gasteiger partial charge in [0, 0.05) is 40.3 Å². The van der Waals surface area contributed by atoms with Gasteiger partial charge >= 0.3 is 0 Å². The molecule has 0 aliphatic heterocycles. The summed E-state index contributed by atoms with van der Waals surface area (Å²) in [6.07, 6.45) is 0. The van der Waals surface area contributed by atoms with Gasteiger partial charge in [0.1, 0.15) is 0 Å². The van der Waals surface area contributed by atoms with E-state index < -0.39 is 4.92 Å². The lowest BCUT2D eigenvalue weighted by molar-refractivity contribution is -0.384. The zero-order valence-corrected chi connectivity index (χ0v) is 17.4. The number of rotatable bonds is 7. The molecule has 0 saturated heterocycles. The predicted molar refractivity (Wildman–Crippen MR) is 112 cm³/mol. The highest BCUT2D eigenvalue weighted by molar-refractivity contribution is 9.10. The summed E-state index contributed by atoms with van der Waals surface area (Å²) in [5.41, 5.74) is 1.52. The molecule has 3 rings (SSSR count). The van der Waals surface area contributed by atoms with Crippen molar-refractivity contribution in [2.75, 3.05) is 11.1 Å². The van der Waals surface area contributed by atoms with Crippen molar-refractivity contribution in [3.8, 4) is 11.4 Å². The molecule has 2 N–H and O–H groups in total. The van der Waals surface area contributed by atoms with Crippen LogP contribution in [0.15, 0.2) is 52.1 Å². The topological polar surface area (TPSA) is 131 Å². The minimum atomic E-state index is -0.547. The lowest BCUT2D eigenvalue weighted by atomic mass is 10.1. The van der Waals surface area contributed by atoms with Gasteiger partial charge in [-0.1, -0.05) is 27.7 Å². The van der Waals surface area contributed by atoms with Crippen molar-refractivity contribution in [2.24, 2.45) is 0 Å². The molecular formula is C18H14BrN5O4S. The maximum absolute atomic E-state index is 12.4. The summed E-state index contributed by atoms with van der Waals surface area (Å²) in [4.78, 5) is 38.2. The van der Waals surface area contributed by atoms with Gasteiger partial charge in [-0.25, -0.2) is 4.98 Å². The molecular weight excluding hydrogens is 462 g/mol. The number of carbonyl (C=O) groups excluding carboxylic acids is 2. The van der Waals surface area contributed by atoms with Gasteiger partial charge in [0.15, 0.2) is 11.6 Å². The van der Waals surface area contributed by atoms with Gasteiger partial charge in [0.25, 0.3) is 5.69 Å². The number of carbonyl (C=O) groups is 2. The van der Waals surface area contributed by atoms with Crippen LogP contribution >= 0.6 is 27.7 Å². The number of hydrogen-bond acceptors (Lipinski definition) is 7. The van der Waals surface area contributed by atoms with E-state index in [1.807, 2.05) is 0 Å². The number of nitro benzene ring substituents is 1. The van der Waals surface area contributed by atoms with Gasteiger partial charge in [-0.15, -0.1) is 5.10 Å². The number of aromatic amines is 1. The average Bonchev–Trinajstić information content (AvgIpc) is 3.15. The van der Waals surface area contributed by atoms with Crippen LogP contribution in [-0.4, -0.2) is 37.5 Å². The minimum absolute atomic E-state index is 0.0263. The number of thioether (sulfide) groups is 1. The van der Waals surface area contributed by atoms with E-state index in [9.17, 15) is 19.7 Å². The summed E-state index contributed by atoms with van der Waals surface area (Å²) in [6, 6.07) is 11.1. The van der Waals surface area contributed by atoms with Gasteiger partial charge in [0.2, 0.25) is 11.1 Å². The van der Waals surface area contributed by atoms with Crippen molar-refractivity contribution in [2.45, 2.75) is 12.1 Å². The SMILES string of the molecule is CC(=O)Nc1ccc(-c2nc(SCC(=O)c3cc([N+](=O)[O-])ccc3Br)n[nH]2)cc1. The maximum Gasteiger partial charge on any atom is 0.270 e. The molecule has 11 heteroatoms. The summed E-state index contributed by atoms with van der Waals surface area (Å²) in [5.74, 6) is 0.108. The zero-order chi connectivity index (χ0) is 21.0. The average molecular weight is 476 g/mol. The number of benzene rings is 2. The van der Waals surface area contributed by atoms with Gasteiger partial charge in [0.05, 0.1) is 10.7 Å². The lowest BCUT2D eigenvalue weighted by Crippen LogP contribution is -2.05. The molecule has 1 amide bonds. The predicted octanol–water partition coefficient (Wildman–Crippen LogP) is 4.08. The van der Waals surface area contributed by atoms with E-state index in [0.29, 0.717) is 21.1 Å². The number of nitro groups is 1. The molecule has 0 bridgehead atoms. The summed E-state index contributed by atoms with van der Waals surface area (Å²) in [5, 5.41) is 20.8. The molecule has 148 valence electrons. The van der Waals surface area contributed by atoms with E-state index in [2.05, 4.69) is 36.4 Å². The first kappa shape index (κ1) is 20.7. The summed E-state index contributed by atoms with van der Waals surface area (Å²) >= 11 is 4.37. The van der Waals surface area contributed by atoms with Crippen molar-refractivity contribution in [1.29, 1.82) is 0 Å². The lowest BCUT2D eigenvalue weighted by Gasteiger charge is -2.03. The molecule has 0 aliphatic rings. The Hall–Kier alpha value is -3.05. The minimum Gasteiger partial charge on any atom is -0.326 e. The Bertz CT molecular complexity index is 1080. The Morgan fingerprint density at radius 2 is 1.97 bits per heavy atom. The fraction of sp³-hybridized carbons (Fsp3) is 0.111. The van der Waals surface area contributed by atoms with E-state index in [-0.39, 0.29) is 28.7 Å². The molecule has 0 aliphatic carbocycles. The highest BCUT2D eigenvalue weighted by Gasteiger charge is 2.17. The first-order valence-electron chi connectivity index (χ1n) is 8.24. The van der Waals surface area contributed by atoms with E-state index in [4.69, 9.17) is 0 Å². The Kier molecular flexibility index (Phi) is 6.39. The highest BCUT2D eigenvalue weighted by Crippen LogP contribution is 2.26. The normalized spacial score (nSPS) is 10.6. The fourth-order valence-electron chi connectivity index (χ4n) is 2.40. The Morgan fingerprint density at radius 3 is 2.62 bits per heavy atom. The maximum atomic E-state index is 12.4. The van der Waals surface area contributed by atoms with Crippen molar-refractivity contribution in [3.63, 3.8) is 0 Å². The quantitative estimate of drug-likeness (QED) is 0.227. The number of nitrogens with zero attached hydrogens (tertiary/aromatic N) is 3. The number of amides is 1. The second-order valence-corrected chi connectivity index (χ2v) is 7.66. The van der Waals surface area contributed by atoms with Crippen LogP contribution in [0.5, 0.6) is 0 Å². The van der Waals surface area contributed by atoms with Crippen molar-refractivity contribution >= 4 is 50.8 Å². The standard InChI is InChI=1S/C18H14BrN5O4S/c1-10(25)20-12-4-2-11(3-5-12)17-21-18(23-22-17)29-9-16(26)14-8-13(24(27)28)6-7-15(14)19/h2-8H,9H2,1H3,(H,20,25)(H,21,22,23). The van der Waals surface area contributed by atoms with Crippen molar-refractivity contribution in [3.05, 3.63) is 62.6 Å². The van der Waals surface area contributed by atoms with Crippen molar-refractivity contribution in [1.82, 2.24) is 15.2 Å². The largest absolute Gasteiger partial charge is 0.326 e. The third-order valence-corrected chi connectivity index (χ3v) is 5.28. The molecule has 9 nitrogen and oxygen atoms in total. The Morgan fingerprint density at radius 1 is 1.24 bits per heavy atom. The molecule has 0 atom stereocenters. The molecule has 0 saturated carbocycles. The van der Waals surface area contributed by atoms with Gasteiger partial charge < -0.3 is 5.32 Å².